The molecular weight excluding hydrogens is 288 g/mol. The van der Waals surface area contributed by atoms with Crippen LogP contribution in [0.3, 0.4) is 0 Å². The summed E-state index contributed by atoms with van der Waals surface area (Å²) >= 11 is 0. The van der Waals surface area contributed by atoms with E-state index in [-0.39, 0.29) is 18.6 Å². The molecule has 3 N–H and O–H groups in total. The van der Waals surface area contributed by atoms with Gasteiger partial charge in [-0.1, -0.05) is 36.4 Å². The first-order chi connectivity index (χ1) is 11.2. The Morgan fingerprint density at radius 2 is 1.70 bits per heavy atom. The van der Waals surface area contributed by atoms with Gasteiger partial charge >= 0.3 is 0 Å². The summed E-state index contributed by atoms with van der Waals surface area (Å²) < 4.78 is 0. The highest BCUT2D eigenvalue weighted by Gasteiger charge is 2.24. The van der Waals surface area contributed by atoms with E-state index in [1.54, 1.807) is 0 Å². The van der Waals surface area contributed by atoms with Crippen molar-refractivity contribution in [1.82, 2.24) is 4.90 Å². The summed E-state index contributed by atoms with van der Waals surface area (Å²) in [6.45, 7) is 1.55. The van der Waals surface area contributed by atoms with Gasteiger partial charge in [-0.15, -0.1) is 0 Å². The Bertz CT molecular complexity index is 665. The second kappa shape index (κ2) is 6.94. The quantitative estimate of drug-likeness (QED) is 0.908. The van der Waals surface area contributed by atoms with E-state index in [9.17, 15) is 4.79 Å². The minimum atomic E-state index is 0.0581. The molecule has 0 unspecified atom stereocenters. The first kappa shape index (κ1) is 15.7. The van der Waals surface area contributed by atoms with E-state index in [1.807, 2.05) is 53.4 Å². The molecule has 1 aliphatic heterocycles. The lowest BCUT2D eigenvalue weighted by Crippen LogP contribution is -2.31. The van der Waals surface area contributed by atoms with Gasteiger partial charge in [-0.05, 0) is 41.7 Å². The molecule has 0 bridgehead atoms. The van der Waals surface area contributed by atoms with Crippen LogP contribution in [0, 0.1) is 0 Å². The number of hydrogen-bond donors (Lipinski definition) is 2. The van der Waals surface area contributed by atoms with Gasteiger partial charge in [0.15, 0.2) is 0 Å². The Kier molecular flexibility index (Phi) is 4.74. The maximum Gasteiger partial charge on any atom is 0.253 e. The lowest BCUT2D eigenvalue weighted by Gasteiger charge is -2.16. The summed E-state index contributed by atoms with van der Waals surface area (Å²) in [6.07, 6.45) is 1.55. The van der Waals surface area contributed by atoms with Crippen LogP contribution in [-0.4, -0.2) is 41.7 Å². The van der Waals surface area contributed by atoms with E-state index >= 15 is 0 Å². The van der Waals surface area contributed by atoms with Gasteiger partial charge in [-0.25, -0.2) is 0 Å². The normalized spacial score (nSPS) is 17.5. The number of likely N-dealkylation sites (tertiary alicyclic amines) is 1. The summed E-state index contributed by atoms with van der Waals surface area (Å²) in [6, 6.07) is 16.0. The molecule has 1 fully saturated rings. The zero-order chi connectivity index (χ0) is 16.2. The van der Waals surface area contributed by atoms with Gasteiger partial charge in [-0.3, -0.25) is 4.79 Å². The number of rotatable bonds is 4. The Morgan fingerprint density at radius 3 is 2.22 bits per heavy atom. The average molecular weight is 310 g/mol. The van der Waals surface area contributed by atoms with Gasteiger partial charge in [0, 0.05) is 31.3 Å². The number of nitrogens with zero attached hydrogens (tertiary/aromatic N) is 1. The molecule has 3 rings (SSSR count). The van der Waals surface area contributed by atoms with Gasteiger partial charge in [0.05, 0.1) is 0 Å². The standard InChI is InChI=1S/C19H22N2O2/c20-18-9-11-21(13-18)19(23)17-7-5-16(6-8-17)15-3-1-14(2-4-15)10-12-22/h1-8,18,22H,9-13,20H2/t18-/m0/s1. The summed E-state index contributed by atoms with van der Waals surface area (Å²) in [5, 5.41) is 8.95. The molecule has 4 nitrogen and oxygen atoms in total. The highest BCUT2D eigenvalue weighted by atomic mass is 16.3. The number of aliphatic hydroxyl groups excluding tert-OH is 1. The first-order valence-electron chi connectivity index (χ1n) is 8.02. The summed E-state index contributed by atoms with van der Waals surface area (Å²) in [4.78, 5) is 14.2. The lowest BCUT2D eigenvalue weighted by atomic mass is 10.0. The molecule has 1 aliphatic rings. The smallest absolute Gasteiger partial charge is 0.253 e. The molecular formula is C19H22N2O2. The van der Waals surface area contributed by atoms with Crippen LogP contribution in [-0.2, 0) is 6.42 Å². The first-order valence-corrected chi connectivity index (χ1v) is 8.02. The van der Waals surface area contributed by atoms with E-state index < -0.39 is 0 Å². The number of carbonyl (C=O) groups excluding carboxylic acids is 1. The van der Waals surface area contributed by atoms with Gasteiger partial charge in [0.25, 0.3) is 5.91 Å². The van der Waals surface area contributed by atoms with Crippen LogP contribution in [0.5, 0.6) is 0 Å². The van der Waals surface area contributed by atoms with Gasteiger partial charge < -0.3 is 15.7 Å². The number of aliphatic hydroxyl groups is 1. The molecule has 4 heteroatoms. The number of benzene rings is 2. The highest BCUT2D eigenvalue weighted by molar-refractivity contribution is 5.95. The molecule has 2 aromatic carbocycles. The third-order valence-corrected chi connectivity index (χ3v) is 4.33. The molecule has 1 saturated heterocycles. The minimum Gasteiger partial charge on any atom is -0.396 e. The number of nitrogens with two attached hydrogens (primary N) is 1. The van der Waals surface area contributed by atoms with Crippen LogP contribution >= 0.6 is 0 Å². The molecule has 0 aromatic heterocycles. The molecule has 120 valence electrons. The molecule has 1 atom stereocenters. The van der Waals surface area contributed by atoms with Gasteiger partial charge in [0.1, 0.15) is 0 Å². The fraction of sp³-hybridized carbons (Fsp3) is 0.316. The second-order valence-electron chi connectivity index (χ2n) is 6.05. The molecule has 0 radical (unpaired) electrons. The number of amides is 1. The topological polar surface area (TPSA) is 66.6 Å². The van der Waals surface area contributed by atoms with E-state index in [0.717, 1.165) is 29.7 Å². The van der Waals surface area contributed by atoms with E-state index in [1.165, 1.54) is 0 Å². The predicted octanol–water partition coefficient (Wildman–Crippen LogP) is 2.06. The van der Waals surface area contributed by atoms with Gasteiger partial charge in [0.2, 0.25) is 0 Å². The Balaban J connectivity index is 1.72. The monoisotopic (exact) mass is 310 g/mol. The van der Waals surface area contributed by atoms with Crippen molar-refractivity contribution in [3.05, 3.63) is 59.7 Å². The molecule has 2 aromatic rings. The molecule has 23 heavy (non-hydrogen) atoms. The molecule has 0 aliphatic carbocycles. The Labute approximate surface area is 136 Å². The van der Waals surface area contributed by atoms with Crippen LogP contribution in [0.1, 0.15) is 22.3 Å². The van der Waals surface area contributed by atoms with Crippen molar-refractivity contribution in [1.29, 1.82) is 0 Å². The zero-order valence-electron chi connectivity index (χ0n) is 13.1. The zero-order valence-corrected chi connectivity index (χ0v) is 13.1. The molecule has 0 saturated carbocycles. The van der Waals surface area contributed by atoms with E-state index in [0.29, 0.717) is 18.5 Å². The average Bonchev–Trinajstić information content (AvgIpc) is 3.02. The summed E-state index contributed by atoms with van der Waals surface area (Å²) in [7, 11) is 0. The number of hydrogen-bond acceptors (Lipinski definition) is 3. The predicted molar refractivity (Wildman–Crippen MR) is 91.2 cm³/mol. The fourth-order valence-corrected chi connectivity index (χ4v) is 2.95. The van der Waals surface area contributed by atoms with E-state index in [4.69, 9.17) is 10.8 Å². The van der Waals surface area contributed by atoms with E-state index in [2.05, 4.69) is 0 Å². The van der Waals surface area contributed by atoms with Crippen LogP contribution < -0.4 is 5.73 Å². The Hall–Kier alpha value is -2.17. The largest absolute Gasteiger partial charge is 0.396 e. The van der Waals surface area contributed by atoms with Crippen molar-refractivity contribution < 1.29 is 9.90 Å². The molecule has 1 amide bonds. The maximum atomic E-state index is 12.4. The fourth-order valence-electron chi connectivity index (χ4n) is 2.95. The number of carbonyl (C=O) groups is 1. The summed E-state index contributed by atoms with van der Waals surface area (Å²) in [5.41, 5.74) is 9.88. The van der Waals surface area contributed by atoms with Crippen molar-refractivity contribution in [3.63, 3.8) is 0 Å². The minimum absolute atomic E-state index is 0.0581. The van der Waals surface area contributed by atoms with Gasteiger partial charge in [-0.2, -0.15) is 0 Å². The van der Waals surface area contributed by atoms with Crippen LogP contribution in [0.25, 0.3) is 11.1 Å². The van der Waals surface area contributed by atoms with Crippen LogP contribution in [0.4, 0.5) is 0 Å². The lowest BCUT2D eigenvalue weighted by molar-refractivity contribution is 0.0791. The molecule has 1 heterocycles. The molecule has 0 spiro atoms. The maximum absolute atomic E-state index is 12.4. The highest BCUT2D eigenvalue weighted by Crippen LogP contribution is 2.21. The van der Waals surface area contributed by atoms with Crippen molar-refractivity contribution in [2.75, 3.05) is 19.7 Å². The summed E-state index contributed by atoms with van der Waals surface area (Å²) in [5.74, 6) is 0.0581. The third kappa shape index (κ3) is 3.60. The Morgan fingerprint density at radius 1 is 1.09 bits per heavy atom. The second-order valence-corrected chi connectivity index (χ2v) is 6.05. The van der Waals surface area contributed by atoms with Crippen molar-refractivity contribution in [2.45, 2.75) is 18.9 Å². The van der Waals surface area contributed by atoms with Crippen molar-refractivity contribution in [2.24, 2.45) is 5.73 Å². The SMILES string of the molecule is N[C@H]1CCN(C(=O)c2ccc(-c3ccc(CCO)cc3)cc2)C1. The van der Waals surface area contributed by atoms with Crippen molar-refractivity contribution >= 4 is 5.91 Å². The van der Waals surface area contributed by atoms with Crippen LogP contribution in [0.2, 0.25) is 0 Å². The van der Waals surface area contributed by atoms with Crippen molar-refractivity contribution in [3.8, 4) is 11.1 Å². The third-order valence-electron chi connectivity index (χ3n) is 4.33. The van der Waals surface area contributed by atoms with Crippen LogP contribution in [0.15, 0.2) is 48.5 Å².